The summed E-state index contributed by atoms with van der Waals surface area (Å²) < 4.78 is 0.922. The van der Waals surface area contributed by atoms with Gasteiger partial charge in [-0.15, -0.1) is 0 Å². The maximum atomic E-state index is 10.7. The average molecular weight is 328 g/mol. The van der Waals surface area contributed by atoms with Crippen molar-refractivity contribution < 1.29 is 5.11 Å². The molecule has 0 aliphatic heterocycles. The lowest BCUT2D eigenvalue weighted by molar-refractivity contribution is 0.221. The van der Waals surface area contributed by atoms with Gasteiger partial charge in [0.25, 0.3) is 0 Å². The number of aliphatic hydroxyl groups is 1. The van der Waals surface area contributed by atoms with Crippen molar-refractivity contribution >= 4 is 26.7 Å². The summed E-state index contributed by atoms with van der Waals surface area (Å²) in [5, 5.41) is 12.8. The zero-order valence-corrected chi connectivity index (χ0v) is 12.6. The van der Waals surface area contributed by atoms with Crippen LogP contribution >= 0.6 is 15.9 Å². The van der Waals surface area contributed by atoms with E-state index in [1.807, 2.05) is 49.4 Å². The van der Waals surface area contributed by atoms with E-state index >= 15 is 0 Å². The molecule has 3 rings (SSSR count). The molecule has 0 saturated carbocycles. The van der Waals surface area contributed by atoms with Gasteiger partial charge in [-0.1, -0.05) is 46.3 Å². The Morgan fingerprint density at radius 2 is 1.95 bits per heavy atom. The largest absolute Gasteiger partial charge is 0.384 e. The molecule has 0 fully saturated rings. The second-order valence-electron chi connectivity index (χ2n) is 4.87. The van der Waals surface area contributed by atoms with Crippen molar-refractivity contribution in [2.75, 3.05) is 0 Å². The van der Waals surface area contributed by atoms with Crippen LogP contribution in [0.1, 0.15) is 22.8 Å². The summed E-state index contributed by atoms with van der Waals surface area (Å²) in [6.07, 6.45) is 2.90. The van der Waals surface area contributed by atoms with E-state index < -0.39 is 6.10 Å². The number of pyridine rings is 1. The van der Waals surface area contributed by atoms with Crippen LogP contribution in [0.2, 0.25) is 0 Å². The van der Waals surface area contributed by atoms with Gasteiger partial charge >= 0.3 is 0 Å². The third kappa shape index (κ3) is 2.35. The number of fused-ring (bicyclic) bond motifs is 1. The molecule has 3 aromatic rings. The highest BCUT2D eigenvalue weighted by molar-refractivity contribution is 9.10. The molecule has 20 heavy (non-hydrogen) atoms. The molecule has 0 bridgehead atoms. The van der Waals surface area contributed by atoms with Crippen LogP contribution in [0.4, 0.5) is 0 Å². The fourth-order valence-electron chi connectivity index (χ4n) is 2.40. The van der Waals surface area contributed by atoms with E-state index in [1.165, 1.54) is 0 Å². The highest BCUT2D eigenvalue weighted by Crippen LogP contribution is 2.32. The number of aliphatic hydroxyl groups excluding tert-OH is 1. The molecule has 1 aromatic heterocycles. The van der Waals surface area contributed by atoms with Crippen LogP contribution in [-0.2, 0) is 0 Å². The third-order valence-electron chi connectivity index (χ3n) is 3.46. The minimum Gasteiger partial charge on any atom is -0.384 e. The van der Waals surface area contributed by atoms with Gasteiger partial charge in [-0.25, -0.2) is 0 Å². The van der Waals surface area contributed by atoms with E-state index in [0.29, 0.717) is 0 Å². The summed E-state index contributed by atoms with van der Waals surface area (Å²) in [6.45, 7) is 2.03. The molecule has 0 aliphatic rings. The van der Waals surface area contributed by atoms with Crippen LogP contribution in [0, 0.1) is 6.92 Å². The van der Waals surface area contributed by atoms with Crippen LogP contribution in [0.5, 0.6) is 0 Å². The first-order valence-electron chi connectivity index (χ1n) is 6.43. The molecule has 0 amide bonds. The predicted molar refractivity (Wildman–Crippen MR) is 84.7 cm³/mol. The zero-order valence-electron chi connectivity index (χ0n) is 11.0. The van der Waals surface area contributed by atoms with Gasteiger partial charge in [0.2, 0.25) is 0 Å². The van der Waals surface area contributed by atoms with Gasteiger partial charge in [-0.05, 0) is 41.1 Å². The minimum atomic E-state index is -0.669. The van der Waals surface area contributed by atoms with E-state index in [-0.39, 0.29) is 0 Å². The highest BCUT2D eigenvalue weighted by atomic mass is 79.9. The Labute approximate surface area is 126 Å². The number of aryl methyl sites for hydroxylation is 1. The molecule has 1 N–H and O–H groups in total. The molecule has 1 atom stereocenters. The van der Waals surface area contributed by atoms with Crippen molar-refractivity contribution in [3.8, 4) is 0 Å². The molecule has 0 aliphatic carbocycles. The smallest absolute Gasteiger partial charge is 0.106 e. The number of halogens is 1. The number of benzene rings is 2. The van der Waals surface area contributed by atoms with Crippen molar-refractivity contribution in [1.82, 2.24) is 4.98 Å². The van der Waals surface area contributed by atoms with Gasteiger partial charge in [0.05, 0.1) is 0 Å². The van der Waals surface area contributed by atoms with Gasteiger partial charge in [-0.3, -0.25) is 4.98 Å². The van der Waals surface area contributed by atoms with Gasteiger partial charge in [-0.2, -0.15) is 0 Å². The fourth-order valence-corrected chi connectivity index (χ4v) is 3.11. The van der Waals surface area contributed by atoms with Gasteiger partial charge < -0.3 is 5.11 Å². The lowest BCUT2D eigenvalue weighted by atomic mass is 9.96. The summed E-state index contributed by atoms with van der Waals surface area (Å²) >= 11 is 3.53. The molecule has 100 valence electrons. The maximum Gasteiger partial charge on any atom is 0.106 e. The van der Waals surface area contributed by atoms with Crippen molar-refractivity contribution in [2.45, 2.75) is 13.0 Å². The lowest BCUT2D eigenvalue weighted by Crippen LogP contribution is -2.02. The summed E-state index contributed by atoms with van der Waals surface area (Å²) in [4.78, 5) is 4.16. The van der Waals surface area contributed by atoms with Crippen LogP contribution in [0.3, 0.4) is 0 Å². The van der Waals surface area contributed by atoms with Crippen LogP contribution < -0.4 is 0 Å². The molecule has 1 unspecified atom stereocenters. The normalized spacial score (nSPS) is 12.6. The topological polar surface area (TPSA) is 33.1 Å². The Bertz CT molecular complexity index is 765. The zero-order chi connectivity index (χ0) is 14.1. The second kappa shape index (κ2) is 5.35. The molecule has 2 nitrogen and oxygen atoms in total. The van der Waals surface area contributed by atoms with Gasteiger partial charge in [0.15, 0.2) is 0 Å². The molecule has 1 heterocycles. The Balaban J connectivity index is 2.15. The third-order valence-corrected chi connectivity index (χ3v) is 4.15. The van der Waals surface area contributed by atoms with E-state index in [9.17, 15) is 5.11 Å². The average Bonchev–Trinajstić information content (AvgIpc) is 2.46. The lowest BCUT2D eigenvalue weighted by Gasteiger charge is -2.16. The highest BCUT2D eigenvalue weighted by Gasteiger charge is 2.16. The summed E-state index contributed by atoms with van der Waals surface area (Å²) in [6, 6.07) is 13.9. The van der Waals surface area contributed by atoms with Crippen molar-refractivity contribution in [3.05, 3.63) is 76.0 Å². The number of nitrogens with zero attached hydrogens (tertiary/aromatic N) is 1. The predicted octanol–water partition coefficient (Wildman–Crippen LogP) is 4.39. The van der Waals surface area contributed by atoms with E-state index in [2.05, 4.69) is 20.9 Å². The molecule has 0 radical (unpaired) electrons. The Hall–Kier alpha value is -1.71. The first-order chi connectivity index (χ1) is 9.66. The Morgan fingerprint density at radius 3 is 2.75 bits per heavy atom. The fraction of sp³-hybridized carbons (Fsp3) is 0.118. The molecular formula is C17H14BrNO. The van der Waals surface area contributed by atoms with Crippen molar-refractivity contribution in [2.24, 2.45) is 0 Å². The van der Waals surface area contributed by atoms with E-state index in [0.717, 1.165) is 31.9 Å². The quantitative estimate of drug-likeness (QED) is 0.757. The molecule has 3 heteroatoms. The summed E-state index contributed by atoms with van der Waals surface area (Å²) in [5.41, 5.74) is 2.90. The van der Waals surface area contributed by atoms with Crippen molar-refractivity contribution in [1.29, 1.82) is 0 Å². The van der Waals surface area contributed by atoms with Crippen molar-refractivity contribution in [3.63, 3.8) is 0 Å². The van der Waals surface area contributed by atoms with Crippen LogP contribution in [0.25, 0.3) is 10.8 Å². The molecule has 2 aromatic carbocycles. The Morgan fingerprint density at radius 1 is 1.10 bits per heavy atom. The van der Waals surface area contributed by atoms with Gasteiger partial charge in [0.1, 0.15) is 6.10 Å². The van der Waals surface area contributed by atoms with E-state index in [1.54, 1.807) is 12.4 Å². The van der Waals surface area contributed by atoms with Gasteiger partial charge in [0, 0.05) is 22.3 Å². The first kappa shape index (κ1) is 13.3. The van der Waals surface area contributed by atoms with E-state index in [4.69, 9.17) is 0 Å². The number of hydrogen-bond acceptors (Lipinski definition) is 2. The second-order valence-corrected chi connectivity index (χ2v) is 5.73. The number of hydrogen-bond donors (Lipinski definition) is 1. The summed E-state index contributed by atoms with van der Waals surface area (Å²) in [5.74, 6) is 0. The van der Waals surface area contributed by atoms with Crippen LogP contribution in [0.15, 0.2) is 59.3 Å². The van der Waals surface area contributed by atoms with Crippen LogP contribution in [-0.4, -0.2) is 10.1 Å². The number of rotatable bonds is 2. The minimum absolute atomic E-state index is 0.669. The summed E-state index contributed by atoms with van der Waals surface area (Å²) in [7, 11) is 0. The Kier molecular flexibility index (Phi) is 3.55. The first-order valence-corrected chi connectivity index (χ1v) is 7.23. The number of aromatic nitrogens is 1. The SMILES string of the molecule is Cc1ccc(C(O)c2cccc3ccncc23)c(Br)c1. The monoisotopic (exact) mass is 327 g/mol. The molecular weight excluding hydrogens is 314 g/mol. The standard InChI is InChI=1S/C17H14BrNO/c1-11-5-6-14(16(18)9-11)17(20)13-4-2-3-12-7-8-19-10-15(12)13/h2-10,17,20H,1H3. The maximum absolute atomic E-state index is 10.7. The molecule has 0 saturated heterocycles. The molecule has 0 spiro atoms.